The number of hydrogen-bond donors (Lipinski definition) is 1. The topological polar surface area (TPSA) is 61.9 Å². The number of morpholine rings is 1. The number of nitrogens with zero attached hydrogens (tertiary/aromatic N) is 2. The molecule has 0 aromatic carbocycles. The third-order valence-corrected chi connectivity index (χ3v) is 4.06. The van der Waals surface area contributed by atoms with Crippen molar-refractivity contribution in [2.75, 3.05) is 46.9 Å². The van der Waals surface area contributed by atoms with E-state index in [0.29, 0.717) is 26.1 Å². The third-order valence-electron chi connectivity index (χ3n) is 4.06. The first-order valence-corrected chi connectivity index (χ1v) is 7.38. The number of carbonyl (C=O) groups excluding carboxylic acids is 2. The van der Waals surface area contributed by atoms with Crippen LogP contribution in [0.5, 0.6) is 0 Å². The average Bonchev–Trinajstić information content (AvgIpc) is 2.47. The molecule has 6 nitrogen and oxygen atoms in total. The van der Waals surface area contributed by atoms with Crippen LogP contribution in [0, 0.1) is 5.92 Å². The summed E-state index contributed by atoms with van der Waals surface area (Å²) in [5.74, 6) is 0.424. The number of likely N-dealkylation sites (tertiary alicyclic amines) is 1. The Morgan fingerprint density at radius 3 is 2.55 bits per heavy atom. The van der Waals surface area contributed by atoms with E-state index in [1.54, 1.807) is 19.0 Å². The Morgan fingerprint density at radius 1 is 1.30 bits per heavy atom. The summed E-state index contributed by atoms with van der Waals surface area (Å²) in [6, 6.07) is 0.136. The Kier molecular flexibility index (Phi) is 5.37. The second kappa shape index (κ2) is 7.04. The van der Waals surface area contributed by atoms with Gasteiger partial charge in [0, 0.05) is 52.1 Å². The van der Waals surface area contributed by atoms with Crippen molar-refractivity contribution in [1.29, 1.82) is 0 Å². The number of hydrogen-bond acceptors (Lipinski definition) is 4. The van der Waals surface area contributed by atoms with Crippen LogP contribution in [0.2, 0.25) is 0 Å². The number of carbonyl (C=O) groups is 2. The molecule has 2 rings (SSSR count). The zero-order valence-electron chi connectivity index (χ0n) is 12.4. The van der Waals surface area contributed by atoms with Gasteiger partial charge in [0.05, 0.1) is 13.2 Å². The molecule has 6 heteroatoms. The van der Waals surface area contributed by atoms with E-state index >= 15 is 0 Å². The van der Waals surface area contributed by atoms with E-state index in [1.807, 2.05) is 4.90 Å². The van der Waals surface area contributed by atoms with E-state index < -0.39 is 0 Å². The fourth-order valence-electron chi connectivity index (χ4n) is 2.83. The first-order chi connectivity index (χ1) is 9.58. The van der Waals surface area contributed by atoms with Gasteiger partial charge >= 0.3 is 0 Å². The Morgan fingerprint density at radius 2 is 2.00 bits per heavy atom. The van der Waals surface area contributed by atoms with Gasteiger partial charge in [0.2, 0.25) is 11.8 Å². The molecule has 2 saturated heterocycles. The van der Waals surface area contributed by atoms with E-state index in [0.717, 1.165) is 26.0 Å². The van der Waals surface area contributed by atoms with Crippen LogP contribution in [0.3, 0.4) is 0 Å². The lowest BCUT2D eigenvalue weighted by molar-refractivity contribution is -0.139. The molecule has 0 radical (unpaired) electrons. The fourth-order valence-corrected chi connectivity index (χ4v) is 2.83. The molecule has 2 aliphatic heterocycles. The molecule has 2 fully saturated rings. The summed E-state index contributed by atoms with van der Waals surface area (Å²) in [7, 11) is 3.57. The summed E-state index contributed by atoms with van der Waals surface area (Å²) in [5, 5.41) is 3.30. The van der Waals surface area contributed by atoms with E-state index in [-0.39, 0.29) is 23.8 Å². The van der Waals surface area contributed by atoms with E-state index in [1.165, 1.54) is 0 Å². The average molecular weight is 283 g/mol. The number of ether oxygens (including phenoxy) is 1. The van der Waals surface area contributed by atoms with Crippen molar-refractivity contribution in [3.8, 4) is 0 Å². The molecule has 0 aromatic heterocycles. The van der Waals surface area contributed by atoms with Crippen LogP contribution in [-0.2, 0) is 14.3 Å². The summed E-state index contributed by atoms with van der Waals surface area (Å²) >= 11 is 0. The van der Waals surface area contributed by atoms with Crippen molar-refractivity contribution in [2.24, 2.45) is 5.92 Å². The number of amides is 2. The minimum Gasteiger partial charge on any atom is -0.378 e. The van der Waals surface area contributed by atoms with E-state index in [9.17, 15) is 9.59 Å². The van der Waals surface area contributed by atoms with Crippen molar-refractivity contribution in [3.63, 3.8) is 0 Å². The van der Waals surface area contributed by atoms with Crippen LogP contribution in [0.25, 0.3) is 0 Å². The standard InChI is InChI=1S/C14H25N3O3/c1-16(2)14(19)11-3-6-17(7-4-11)13(18)9-12-10-20-8-5-15-12/h11-12,15H,3-10H2,1-2H3. The predicted octanol–water partition coefficient (Wildman–Crippen LogP) is -0.308. The van der Waals surface area contributed by atoms with Gasteiger partial charge in [-0.25, -0.2) is 0 Å². The molecule has 1 unspecified atom stereocenters. The van der Waals surface area contributed by atoms with Crippen molar-refractivity contribution in [2.45, 2.75) is 25.3 Å². The van der Waals surface area contributed by atoms with Crippen molar-refractivity contribution in [3.05, 3.63) is 0 Å². The Balaban J connectivity index is 1.75. The number of rotatable bonds is 3. The minimum atomic E-state index is 0.0742. The van der Waals surface area contributed by atoms with Gasteiger partial charge in [-0.1, -0.05) is 0 Å². The summed E-state index contributed by atoms with van der Waals surface area (Å²) in [6.45, 7) is 3.54. The van der Waals surface area contributed by atoms with Gasteiger partial charge in [-0.05, 0) is 12.8 Å². The second-order valence-corrected chi connectivity index (χ2v) is 5.82. The molecule has 0 aromatic rings. The fraction of sp³-hybridized carbons (Fsp3) is 0.857. The van der Waals surface area contributed by atoms with Crippen LogP contribution in [0.4, 0.5) is 0 Å². The van der Waals surface area contributed by atoms with Crippen LogP contribution in [0.15, 0.2) is 0 Å². The predicted molar refractivity (Wildman–Crippen MR) is 75.2 cm³/mol. The van der Waals surface area contributed by atoms with Crippen molar-refractivity contribution >= 4 is 11.8 Å². The first kappa shape index (κ1) is 15.3. The second-order valence-electron chi connectivity index (χ2n) is 5.82. The van der Waals surface area contributed by atoms with Gasteiger partial charge < -0.3 is 19.9 Å². The molecule has 2 heterocycles. The highest BCUT2D eigenvalue weighted by Gasteiger charge is 2.29. The van der Waals surface area contributed by atoms with Crippen LogP contribution in [0.1, 0.15) is 19.3 Å². The lowest BCUT2D eigenvalue weighted by atomic mass is 9.95. The van der Waals surface area contributed by atoms with Crippen molar-refractivity contribution in [1.82, 2.24) is 15.1 Å². The lowest BCUT2D eigenvalue weighted by Gasteiger charge is -2.33. The number of nitrogens with one attached hydrogen (secondary N) is 1. The van der Waals surface area contributed by atoms with E-state index in [4.69, 9.17) is 4.74 Å². The van der Waals surface area contributed by atoms with Gasteiger partial charge in [-0.2, -0.15) is 0 Å². The largest absolute Gasteiger partial charge is 0.378 e. The Hall–Kier alpha value is -1.14. The summed E-state index contributed by atoms with van der Waals surface area (Å²) in [5.41, 5.74) is 0. The van der Waals surface area contributed by atoms with Gasteiger partial charge in [-0.15, -0.1) is 0 Å². The Bertz CT molecular complexity index is 346. The van der Waals surface area contributed by atoms with Crippen LogP contribution >= 0.6 is 0 Å². The Labute approximate surface area is 120 Å². The van der Waals surface area contributed by atoms with Crippen LogP contribution < -0.4 is 5.32 Å². The molecule has 1 atom stereocenters. The minimum absolute atomic E-state index is 0.0742. The third kappa shape index (κ3) is 3.93. The molecule has 0 bridgehead atoms. The quantitative estimate of drug-likeness (QED) is 0.772. The van der Waals surface area contributed by atoms with Crippen LogP contribution in [-0.4, -0.2) is 74.6 Å². The maximum absolute atomic E-state index is 12.2. The maximum Gasteiger partial charge on any atom is 0.225 e. The van der Waals surface area contributed by atoms with Gasteiger partial charge in [0.15, 0.2) is 0 Å². The SMILES string of the molecule is CN(C)C(=O)C1CCN(C(=O)CC2COCCN2)CC1. The smallest absolute Gasteiger partial charge is 0.225 e. The zero-order valence-corrected chi connectivity index (χ0v) is 12.4. The zero-order chi connectivity index (χ0) is 14.5. The van der Waals surface area contributed by atoms with Gasteiger partial charge in [-0.3, -0.25) is 9.59 Å². The first-order valence-electron chi connectivity index (χ1n) is 7.38. The maximum atomic E-state index is 12.2. The van der Waals surface area contributed by atoms with Gasteiger partial charge in [0.1, 0.15) is 0 Å². The monoisotopic (exact) mass is 283 g/mol. The normalized spacial score (nSPS) is 24.5. The van der Waals surface area contributed by atoms with E-state index in [2.05, 4.69) is 5.32 Å². The highest BCUT2D eigenvalue weighted by Crippen LogP contribution is 2.19. The molecule has 0 saturated carbocycles. The molecule has 114 valence electrons. The summed E-state index contributed by atoms with van der Waals surface area (Å²) < 4.78 is 5.36. The molecule has 0 aliphatic carbocycles. The lowest BCUT2D eigenvalue weighted by Crippen LogP contribution is -2.47. The number of piperidine rings is 1. The molecule has 1 N–H and O–H groups in total. The molecular weight excluding hydrogens is 258 g/mol. The molecule has 0 spiro atoms. The summed E-state index contributed by atoms with van der Waals surface area (Å²) in [4.78, 5) is 27.6. The van der Waals surface area contributed by atoms with Gasteiger partial charge in [0.25, 0.3) is 0 Å². The molecule has 2 aliphatic rings. The molecular formula is C14H25N3O3. The highest BCUT2D eigenvalue weighted by molar-refractivity contribution is 5.80. The molecule has 20 heavy (non-hydrogen) atoms. The summed E-state index contributed by atoms with van der Waals surface area (Å²) in [6.07, 6.45) is 2.04. The highest BCUT2D eigenvalue weighted by atomic mass is 16.5. The van der Waals surface area contributed by atoms with Crippen molar-refractivity contribution < 1.29 is 14.3 Å². The molecule has 2 amide bonds.